The number of hydrogen-bond donors (Lipinski definition) is 1. The second kappa shape index (κ2) is 7.90. The fraction of sp³-hybridized carbons (Fsp3) is 0.190. The van der Waals surface area contributed by atoms with Gasteiger partial charge in [0.1, 0.15) is 5.69 Å². The van der Waals surface area contributed by atoms with Gasteiger partial charge in [-0.15, -0.1) is 11.8 Å². The Labute approximate surface area is 167 Å². The lowest BCUT2D eigenvalue weighted by Crippen LogP contribution is -2.26. The van der Waals surface area contributed by atoms with Gasteiger partial charge in [0.15, 0.2) is 11.4 Å². The highest BCUT2D eigenvalue weighted by molar-refractivity contribution is 7.99. The highest BCUT2D eigenvalue weighted by Gasteiger charge is 2.19. The quantitative estimate of drug-likeness (QED) is 0.396. The van der Waals surface area contributed by atoms with E-state index in [0.29, 0.717) is 29.2 Å². The summed E-state index contributed by atoms with van der Waals surface area (Å²) in [4.78, 5) is 18.8. The van der Waals surface area contributed by atoms with E-state index in [4.69, 9.17) is 4.42 Å². The van der Waals surface area contributed by atoms with Crippen LogP contribution >= 0.6 is 11.8 Å². The van der Waals surface area contributed by atoms with Gasteiger partial charge in [0.25, 0.3) is 5.91 Å². The first-order valence-corrected chi connectivity index (χ1v) is 9.96. The van der Waals surface area contributed by atoms with Gasteiger partial charge in [0.2, 0.25) is 0 Å². The van der Waals surface area contributed by atoms with Crippen molar-refractivity contribution < 1.29 is 9.21 Å². The van der Waals surface area contributed by atoms with E-state index in [1.54, 1.807) is 34.8 Å². The molecule has 0 saturated carbocycles. The van der Waals surface area contributed by atoms with Crippen LogP contribution in [0.15, 0.2) is 64.1 Å². The van der Waals surface area contributed by atoms with Gasteiger partial charge in [-0.3, -0.25) is 9.48 Å². The molecule has 4 rings (SSSR count). The third kappa shape index (κ3) is 3.66. The Bertz CT molecular complexity index is 1100. The van der Waals surface area contributed by atoms with Gasteiger partial charge in [0, 0.05) is 24.2 Å². The molecule has 0 unspecified atom stereocenters. The summed E-state index contributed by atoms with van der Waals surface area (Å²) in [6.45, 7) is 2.45. The topological polar surface area (TPSA) is 73.0 Å². The van der Waals surface area contributed by atoms with E-state index in [9.17, 15) is 4.79 Å². The maximum Gasteiger partial charge on any atom is 0.252 e. The van der Waals surface area contributed by atoms with E-state index >= 15 is 0 Å². The molecule has 7 heteroatoms. The van der Waals surface area contributed by atoms with Crippen molar-refractivity contribution in [1.82, 2.24) is 20.1 Å². The summed E-state index contributed by atoms with van der Waals surface area (Å²) in [5, 5.41) is 8.22. The first-order valence-electron chi connectivity index (χ1n) is 8.98. The molecule has 6 nitrogen and oxygen atoms in total. The van der Waals surface area contributed by atoms with E-state index in [1.165, 1.54) is 4.90 Å². The van der Waals surface area contributed by atoms with Crippen LogP contribution in [0.3, 0.4) is 0 Å². The molecule has 3 aromatic heterocycles. The van der Waals surface area contributed by atoms with Crippen LogP contribution in [0.5, 0.6) is 0 Å². The van der Waals surface area contributed by atoms with Gasteiger partial charge in [-0.1, -0.05) is 18.2 Å². The van der Waals surface area contributed by atoms with Crippen LogP contribution in [0.4, 0.5) is 0 Å². The molecule has 0 atom stereocenters. The van der Waals surface area contributed by atoms with Crippen LogP contribution < -0.4 is 5.32 Å². The van der Waals surface area contributed by atoms with Crippen LogP contribution in [0, 0.1) is 6.92 Å². The molecule has 28 heavy (non-hydrogen) atoms. The van der Waals surface area contributed by atoms with Gasteiger partial charge in [-0.25, -0.2) is 4.98 Å². The summed E-state index contributed by atoms with van der Waals surface area (Å²) < 4.78 is 7.16. The minimum absolute atomic E-state index is 0.134. The number of benzene rings is 1. The monoisotopic (exact) mass is 392 g/mol. The van der Waals surface area contributed by atoms with Crippen molar-refractivity contribution in [3.63, 3.8) is 0 Å². The zero-order valence-electron chi connectivity index (χ0n) is 15.7. The Morgan fingerprint density at radius 1 is 1.21 bits per heavy atom. The third-order valence-corrected chi connectivity index (χ3v) is 5.40. The Kier molecular flexibility index (Phi) is 5.16. The molecule has 0 fully saturated rings. The Morgan fingerprint density at radius 2 is 2.04 bits per heavy atom. The number of furan rings is 1. The predicted octanol–water partition coefficient (Wildman–Crippen LogP) is 4.06. The molecule has 142 valence electrons. The fourth-order valence-corrected chi connectivity index (χ4v) is 3.91. The molecule has 0 aliphatic rings. The van der Waals surface area contributed by atoms with E-state index in [2.05, 4.69) is 27.5 Å². The number of rotatable bonds is 6. The summed E-state index contributed by atoms with van der Waals surface area (Å²) in [6, 6.07) is 15.5. The van der Waals surface area contributed by atoms with Crippen LogP contribution in [0.2, 0.25) is 0 Å². The number of fused-ring (bicyclic) bond motifs is 1. The largest absolute Gasteiger partial charge is 0.463 e. The average Bonchev–Trinajstić information content (AvgIpc) is 3.34. The number of nitrogens with zero attached hydrogens (tertiary/aromatic N) is 3. The van der Waals surface area contributed by atoms with Crippen LogP contribution in [0.1, 0.15) is 16.1 Å². The van der Waals surface area contributed by atoms with Gasteiger partial charge >= 0.3 is 0 Å². The summed E-state index contributed by atoms with van der Waals surface area (Å²) in [5.74, 6) is 1.28. The molecule has 4 aromatic rings. The molecule has 0 spiro atoms. The van der Waals surface area contributed by atoms with Crippen LogP contribution in [-0.2, 0) is 7.05 Å². The number of aryl methyl sites for hydroxylation is 2. The van der Waals surface area contributed by atoms with Gasteiger partial charge < -0.3 is 9.73 Å². The molecule has 0 radical (unpaired) electrons. The van der Waals surface area contributed by atoms with Gasteiger partial charge in [-0.05, 0) is 37.3 Å². The Balaban J connectivity index is 1.57. The number of thioether (sulfide) groups is 1. The lowest BCUT2D eigenvalue weighted by atomic mass is 10.1. The summed E-state index contributed by atoms with van der Waals surface area (Å²) in [5.41, 5.74) is 2.62. The van der Waals surface area contributed by atoms with E-state index in [1.807, 2.05) is 38.2 Å². The SMILES string of the molecule is Cc1nn(C)c2nc(-c3ccco3)cc(C(=O)NCCSc3ccccc3)c12. The van der Waals surface area contributed by atoms with Crippen molar-refractivity contribution in [2.45, 2.75) is 11.8 Å². The summed E-state index contributed by atoms with van der Waals surface area (Å²) in [6.07, 6.45) is 1.59. The molecule has 1 N–H and O–H groups in total. The molecule has 0 saturated heterocycles. The highest BCUT2D eigenvalue weighted by Crippen LogP contribution is 2.27. The van der Waals surface area contributed by atoms with Crippen LogP contribution in [0.25, 0.3) is 22.5 Å². The molecule has 3 heterocycles. The van der Waals surface area contributed by atoms with Crippen molar-refractivity contribution in [3.05, 3.63) is 66.1 Å². The van der Waals surface area contributed by atoms with Crippen LogP contribution in [-0.4, -0.2) is 33.0 Å². The minimum atomic E-state index is -0.134. The van der Waals surface area contributed by atoms with Gasteiger partial charge in [-0.2, -0.15) is 5.10 Å². The second-order valence-corrected chi connectivity index (χ2v) is 7.53. The number of amides is 1. The normalized spacial score (nSPS) is 11.1. The third-order valence-electron chi connectivity index (χ3n) is 4.39. The molecular weight excluding hydrogens is 372 g/mol. The van der Waals surface area contributed by atoms with Gasteiger partial charge in [0.05, 0.1) is 22.9 Å². The molecule has 0 bridgehead atoms. The van der Waals surface area contributed by atoms with Crippen molar-refractivity contribution in [2.24, 2.45) is 7.05 Å². The number of hydrogen-bond acceptors (Lipinski definition) is 5. The maximum atomic E-state index is 12.9. The number of nitrogens with one attached hydrogen (secondary N) is 1. The second-order valence-electron chi connectivity index (χ2n) is 6.36. The van der Waals surface area contributed by atoms with Crippen molar-refractivity contribution in [2.75, 3.05) is 12.3 Å². The first-order chi connectivity index (χ1) is 13.6. The van der Waals surface area contributed by atoms with Crippen molar-refractivity contribution in [3.8, 4) is 11.5 Å². The van der Waals surface area contributed by atoms with Crippen molar-refractivity contribution in [1.29, 1.82) is 0 Å². The Morgan fingerprint density at radius 3 is 2.79 bits per heavy atom. The first kappa shape index (κ1) is 18.3. The minimum Gasteiger partial charge on any atom is -0.463 e. The fourth-order valence-electron chi connectivity index (χ4n) is 3.12. The molecule has 1 amide bonds. The molecule has 0 aliphatic carbocycles. The predicted molar refractivity (Wildman–Crippen MR) is 110 cm³/mol. The van der Waals surface area contributed by atoms with E-state index < -0.39 is 0 Å². The lowest BCUT2D eigenvalue weighted by Gasteiger charge is -2.08. The highest BCUT2D eigenvalue weighted by atomic mass is 32.2. The summed E-state index contributed by atoms with van der Waals surface area (Å²) in [7, 11) is 1.83. The molecule has 1 aromatic carbocycles. The smallest absolute Gasteiger partial charge is 0.252 e. The number of carbonyl (C=O) groups is 1. The number of carbonyl (C=O) groups excluding carboxylic acids is 1. The standard InChI is InChI=1S/C21H20N4O2S/c1-14-19-16(21(26)22-10-12-28-15-7-4-3-5-8-15)13-17(18-9-6-11-27-18)23-20(19)25(2)24-14/h3-9,11,13H,10,12H2,1-2H3,(H,22,26). The van der Waals surface area contributed by atoms with E-state index in [0.717, 1.165) is 16.8 Å². The zero-order valence-corrected chi connectivity index (χ0v) is 16.5. The molecular formula is C21H20N4O2S. The maximum absolute atomic E-state index is 12.9. The van der Waals surface area contributed by atoms with E-state index in [-0.39, 0.29) is 5.91 Å². The molecule has 0 aliphatic heterocycles. The number of aromatic nitrogens is 3. The van der Waals surface area contributed by atoms with Crippen molar-refractivity contribution >= 4 is 28.7 Å². The number of pyridine rings is 1. The lowest BCUT2D eigenvalue weighted by molar-refractivity contribution is 0.0957. The summed E-state index contributed by atoms with van der Waals surface area (Å²) >= 11 is 1.71. The zero-order chi connectivity index (χ0) is 19.5. The average molecular weight is 392 g/mol. The Hall–Kier alpha value is -3.06.